The molecule has 1 heterocycles. The summed E-state index contributed by atoms with van der Waals surface area (Å²) >= 11 is 0. The van der Waals surface area contributed by atoms with Gasteiger partial charge in [-0.3, -0.25) is 9.59 Å². The van der Waals surface area contributed by atoms with Crippen molar-refractivity contribution in [3.05, 3.63) is 65.7 Å². The smallest absolute Gasteiger partial charge is 0.408 e. The zero-order chi connectivity index (χ0) is 28.6. The number of carbonyl (C=O) groups excluding carboxylic acids is 3. The fourth-order valence-electron chi connectivity index (χ4n) is 4.44. The predicted octanol–water partition coefficient (Wildman–Crippen LogP) is 2.88. The number of nitrogens with one attached hydrogen (secondary N) is 2. The van der Waals surface area contributed by atoms with Gasteiger partial charge < -0.3 is 30.5 Å². The van der Waals surface area contributed by atoms with Crippen molar-refractivity contribution < 1.29 is 34.1 Å². The van der Waals surface area contributed by atoms with E-state index in [9.17, 15) is 29.4 Å². The summed E-state index contributed by atoms with van der Waals surface area (Å²) < 4.78 is 5.36. The first-order valence-corrected chi connectivity index (χ1v) is 13.0. The number of aromatic hydroxyl groups is 1. The molecule has 10 heteroatoms. The molecule has 0 saturated carbocycles. The lowest BCUT2D eigenvalue weighted by Crippen LogP contribution is -2.53. The third-order valence-corrected chi connectivity index (χ3v) is 6.44. The van der Waals surface area contributed by atoms with Gasteiger partial charge in [0, 0.05) is 31.8 Å². The molecule has 2 aromatic carbocycles. The number of rotatable bonds is 9. The quantitative estimate of drug-likeness (QED) is 0.383. The summed E-state index contributed by atoms with van der Waals surface area (Å²) in [5.41, 5.74) is 0.837. The van der Waals surface area contributed by atoms with E-state index in [1.54, 1.807) is 37.8 Å². The highest BCUT2D eigenvalue weighted by Crippen LogP contribution is 2.20. The molecule has 3 rings (SSSR count). The Labute approximate surface area is 228 Å². The lowest BCUT2D eigenvalue weighted by atomic mass is 9.94. The first kappa shape index (κ1) is 29.5. The summed E-state index contributed by atoms with van der Waals surface area (Å²) in [7, 11) is 0. The van der Waals surface area contributed by atoms with Gasteiger partial charge in [-0.25, -0.2) is 9.59 Å². The van der Waals surface area contributed by atoms with E-state index in [2.05, 4.69) is 10.6 Å². The number of aliphatic carboxylic acids is 1. The minimum Gasteiger partial charge on any atom is -0.508 e. The van der Waals surface area contributed by atoms with Crippen LogP contribution in [0.3, 0.4) is 0 Å². The topological polar surface area (TPSA) is 145 Å². The molecule has 2 aromatic rings. The van der Waals surface area contributed by atoms with E-state index in [0.29, 0.717) is 31.5 Å². The van der Waals surface area contributed by atoms with Gasteiger partial charge in [-0.15, -0.1) is 0 Å². The first-order chi connectivity index (χ1) is 18.4. The second-order valence-electron chi connectivity index (χ2n) is 10.8. The van der Waals surface area contributed by atoms with E-state index in [1.165, 1.54) is 12.1 Å². The van der Waals surface area contributed by atoms with Crippen LogP contribution in [-0.2, 0) is 32.0 Å². The zero-order valence-electron chi connectivity index (χ0n) is 22.6. The Kier molecular flexibility index (Phi) is 9.92. The third-order valence-electron chi connectivity index (χ3n) is 6.44. The molecule has 2 unspecified atom stereocenters. The van der Waals surface area contributed by atoms with E-state index >= 15 is 0 Å². The van der Waals surface area contributed by atoms with Crippen molar-refractivity contribution in [1.82, 2.24) is 15.5 Å². The van der Waals surface area contributed by atoms with Crippen molar-refractivity contribution in [2.45, 2.75) is 64.1 Å². The second-order valence-corrected chi connectivity index (χ2v) is 10.8. The zero-order valence-corrected chi connectivity index (χ0v) is 22.6. The minimum absolute atomic E-state index is 0.0725. The summed E-state index contributed by atoms with van der Waals surface area (Å²) in [5, 5.41) is 24.4. The number of likely N-dealkylation sites (tertiary alicyclic amines) is 1. The lowest BCUT2D eigenvalue weighted by molar-refractivity contribution is -0.143. The van der Waals surface area contributed by atoms with Crippen molar-refractivity contribution >= 4 is 23.9 Å². The number of carbonyl (C=O) groups is 4. The number of carboxylic acid groups (broad SMARTS) is 1. The number of carboxylic acids is 1. The Bertz CT molecular complexity index is 1140. The SMILES string of the molecule is CC(C)(C)OC(=O)NC(Cc1ccccc1)C(=O)N1CCC(C(=O)NC(Cc2ccc(O)cc2)C(=O)O)CC1. The normalized spacial score (nSPS) is 15.6. The van der Waals surface area contributed by atoms with Crippen LogP contribution in [0, 0.1) is 5.92 Å². The molecule has 2 atom stereocenters. The van der Waals surface area contributed by atoms with E-state index in [-0.39, 0.29) is 30.4 Å². The molecule has 1 aliphatic rings. The van der Waals surface area contributed by atoms with Gasteiger partial charge in [0.1, 0.15) is 23.4 Å². The highest BCUT2D eigenvalue weighted by Gasteiger charge is 2.34. The Balaban J connectivity index is 1.60. The summed E-state index contributed by atoms with van der Waals surface area (Å²) in [6.45, 7) is 5.84. The Morgan fingerprint density at radius 3 is 2.03 bits per heavy atom. The van der Waals surface area contributed by atoms with Crippen LogP contribution >= 0.6 is 0 Å². The molecule has 10 nitrogen and oxygen atoms in total. The van der Waals surface area contributed by atoms with Crippen molar-refractivity contribution in [2.75, 3.05) is 13.1 Å². The number of nitrogens with zero attached hydrogens (tertiary/aromatic N) is 1. The molecule has 0 aliphatic carbocycles. The molecule has 0 radical (unpaired) electrons. The molecule has 210 valence electrons. The van der Waals surface area contributed by atoms with E-state index in [0.717, 1.165) is 5.56 Å². The number of ether oxygens (including phenoxy) is 1. The van der Waals surface area contributed by atoms with Crippen LogP contribution < -0.4 is 10.6 Å². The van der Waals surface area contributed by atoms with E-state index < -0.39 is 35.7 Å². The molecule has 1 saturated heterocycles. The van der Waals surface area contributed by atoms with Gasteiger partial charge in [-0.1, -0.05) is 42.5 Å². The van der Waals surface area contributed by atoms with Crippen molar-refractivity contribution in [2.24, 2.45) is 5.92 Å². The molecule has 1 aliphatic heterocycles. The van der Waals surface area contributed by atoms with Crippen LogP contribution in [0.4, 0.5) is 4.79 Å². The molecule has 3 amide bonds. The van der Waals surface area contributed by atoms with E-state index in [4.69, 9.17) is 4.74 Å². The average Bonchev–Trinajstić information content (AvgIpc) is 2.88. The number of hydrogen-bond donors (Lipinski definition) is 4. The number of alkyl carbamates (subject to hydrolysis) is 1. The Morgan fingerprint density at radius 1 is 0.897 bits per heavy atom. The highest BCUT2D eigenvalue weighted by atomic mass is 16.6. The largest absolute Gasteiger partial charge is 0.508 e. The van der Waals surface area contributed by atoms with Crippen LogP contribution in [-0.4, -0.2) is 69.8 Å². The number of hydrogen-bond acceptors (Lipinski definition) is 6. The van der Waals surface area contributed by atoms with Crippen LogP contribution in [0.2, 0.25) is 0 Å². The van der Waals surface area contributed by atoms with Crippen molar-refractivity contribution in [3.63, 3.8) is 0 Å². The van der Waals surface area contributed by atoms with E-state index in [1.807, 2.05) is 30.3 Å². The number of phenols is 1. The number of phenolic OH excluding ortho intramolecular Hbond substituents is 1. The second kappa shape index (κ2) is 13.1. The summed E-state index contributed by atoms with van der Waals surface area (Å²) in [4.78, 5) is 52.2. The number of amides is 3. The monoisotopic (exact) mass is 539 g/mol. The van der Waals surface area contributed by atoms with Gasteiger partial charge >= 0.3 is 12.1 Å². The van der Waals surface area contributed by atoms with Gasteiger partial charge in [0.15, 0.2) is 0 Å². The van der Waals surface area contributed by atoms with Crippen LogP contribution in [0.5, 0.6) is 5.75 Å². The molecular weight excluding hydrogens is 502 g/mol. The van der Waals surface area contributed by atoms with Crippen LogP contribution in [0.1, 0.15) is 44.7 Å². The summed E-state index contributed by atoms with van der Waals surface area (Å²) in [6.07, 6.45) is 0.424. The van der Waals surface area contributed by atoms with Crippen LogP contribution in [0.15, 0.2) is 54.6 Å². The van der Waals surface area contributed by atoms with Crippen molar-refractivity contribution in [3.8, 4) is 5.75 Å². The maximum Gasteiger partial charge on any atom is 0.408 e. The molecule has 0 aromatic heterocycles. The molecule has 1 fully saturated rings. The molecule has 0 bridgehead atoms. The lowest BCUT2D eigenvalue weighted by Gasteiger charge is -2.34. The molecule has 39 heavy (non-hydrogen) atoms. The molecule has 4 N–H and O–H groups in total. The highest BCUT2D eigenvalue weighted by molar-refractivity contribution is 5.87. The van der Waals surface area contributed by atoms with Gasteiger partial charge in [-0.2, -0.15) is 0 Å². The molecule has 0 spiro atoms. The Hall–Kier alpha value is -4.08. The number of benzene rings is 2. The summed E-state index contributed by atoms with van der Waals surface area (Å²) in [6, 6.07) is 13.5. The average molecular weight is 540 g/mol. The summed E-state index contributed by atoms with van der Waals surface area (Å²) in [5.74, 6) is -2.16. The maximum absolute atomic E-state index is 13.4. The number of piperidine rings is 1. The molecular formula is C29H37N3O7. The van der Waals surface area contributed by atoms with Crippen LogP contribution in [0.25, 0.3) is 0 Å². The standard InChI is InChI=1S/C29H37N3O7/c1-29(2,3)39-28(38)31-23(17-19-7-5-4-6-8-19)26(35)32-15-13-21(14-16-32)25(34)30-24(27(36)37)18-20-9-11-22(33)12-10-20/h4-12,21,23-24,33H,13-18H2,1-3H3,(H,30,34)(H,31,38)(H,36,37). The minimum atomic E-state index is -1.15. The first-order valence-electron chi connectivity index (χ1n) is 13.0. The Morgan fingerprint density at radius 2 is 1.46 bits per heavy atom. The van der Waals surface area contributed by atoms with Gasteiger partial charge in [0.05, 0.1) is 0 Å². The fourth-order valence-corrected chi connectivity index (χ4v) is 4.44. The maximum atomic E-state index is 13.4. The van der Waals surface area contributed by atoms with Gasteiger partial charge in [0.2, 0.25) is 11.8 Å². The van der Waals surface area contributed by atoms with Crippen molar-refractivity contribution in [1.29, 1.82) is 0 Å². The van der Waals surface area contributed by atoms with Gasteiger partial charge in [-0.05, 0) is 56.9 Å². The predicted molar refractivity (Wildman–Crippen MR) is 144 cm³/mol. The van der Waals surface area contributed by atoms with Gasteiger partial charge in [0.25, 0.3) is 0 Å². The third kappa shape index (κ3) is 9.31. The fraction of sp³-hybridized carbons (Fsp3) is 0.448.